The van der Waals surface area contributed by atoms with E-state index >= 15 is 0 Å². The van der Waals surface area contributed by atoms with Crippen LogP contribution in [0.1, 0.15) is 18.5 Å². The smallest absolute Gasteiger partial charge is 0.233 e. The lowest BCUT2D eigenvalue weighted by Gasteiger charge is -2.18. The molecular weight excluding hydrogens is 378 g/mol. The topological polar surface area (TPSA) is 89.6 Å². The lowest BCUT2D eigenvalue weighted by atomic mass is 9.85. The van der Waals surface area contributed by atoms with Gasteiger partial charge in [0.05, 0.1) is 18.4 Å². The molecule has 1 aromatic heterocycles. The summed E-state index contributed by atoms with van der Waals surface area (Å²) in [6, 6.07) is 10.3. The maximum atomic E-state index is 12.7. The fourth-order valence-electron chi connectivity index (χ4n) is 5.26. The van der Waals surface area contributed by atoms with Crippen LogP contribution in [0.25, 0.3) is 10.9 Å². The maximum Gasteiger partial charge on any atom is 0.233 e. The van der Waals surface area contributed by atoms with Crippen LogP contribution in [0.2, 0.25) is 0 Å². The van der Waals surface area contributed by atoms with E-state index in [1.54, 1.807) is 7.05 Å². The predicted molar refractivity (Wildman–Crippen MR) is 116 cm³/mol. The van der Waals surface area contributed by atoms with Crippen LogP contribution in [-0.2, 0) is 16.1 Å². The standard InChI is InChI=1S/C23H27N5O2/c1-24-23(26-13-17-12-14-5-2-3-6-18(14)27-17)25-9-4-10-28-21(29)19-15-7-8-16(11-15)20(19)22(28)30/h2-3,5-8,12,15-16,19-20,27H,4,9-11,13H2,1H3,(H2,24,25,26). The number of aromatic nitrogens is 1. The monoisotopic (exact) mass is 405 g/mol. The normalized spacial score (nSPS) is 27.4. The molecule has 1 aliphatic heterocycles. The summed E-state index contributed by atoms with van der Waals surface area (Å²) in [5.41, 5.74) is 2.20. The number of H-pyrrole nitrogens is 1. The Kier molecular flexibility index (Phi) is 4.81. The van der Waals surface area contributed by atoms with Gasteiger partial charge in [-0.25, -0.2) is 0 Å². The van der Waals surface area contributed by atoms with Gasteiger partial charge in [-0.1, -0.05) is 30.4 Å². The van der Waals surface area contributed by atoms with Crippen LogP contribution < -0.4 is 10.6 Å². The molecule has 2 aliphatic carbocycles. The summed E-state index contributed by atoms with van der Waals surface area (Å²) >= 11 is 0. The second-order valence-electron chi connectivity index (χ2n) is 8.42. The average Bonchev–Trinajstić information content (AvgIpc) is 3.51. The van der Waals surface area contributed by atoms with Crippen molar-refractivity contribution in [1.29, 1.82) is 0 Å². The van der Waals surface area contributed by atoms with Gasteiger partial charge in [0.1, 0.15) is 0 Å². The Morgan fingerprint density at radius 3 is 2.57 bits per heavy atom. The molecule has 5 rings (SSSR count). The largest absolute Gasteiger partial charge is 0.357 e. The summed E-state index contributed by atoms with van der Waals surface area (Å²) < 4.78 is 0. The molecule has 2 fully saturated rings. The van der Waals surface area contributed by atoms with E-state index in [0.29, 0.717) is 32.0 Å². The molecule has 2 amide bonds. The highest BCUT2D eigenvalue weighted by atomic mass is 16.2. The van der Waals surface area contributed by atoms with Crippen LogP contribution in [-0.4, -0.2) is 47.8 Å². The summed E-state index contributed by atoms with van der Waals surface area (Å²) in [6.07, 6.45) is 5.93. The first-order chi connectivity index (χ1) is 14.7. The first-order valence-corrected chi connectivity index (χ1v) is 10.7. The fraction of sp³-hybridized carbons (Fsp3) is 0.435. The summed E-state index contributed by atoms with van der Waals surface area (Å²) in [5, 5.41) is 7.75. The highest BCUT2D eigenvalue weighted by molar-refractivity contribution is 6.06. The first-order valence-electron chi connectivity index (χ1n) is 10.7. The number of nitrogens with one attached hydrogen (secondary N) is 3. The van der Waals surface area contributed by atoms with Gasteiger partial charge in [0, 0.05) is 31.3 Å². The van der Waals surface area contributed by atoms with Crippen LogP contribution in [0.3, 0.4) is 0 Å². The van der Waals surface area contributed by atoms with Crippen molar-refractivity contribution in [3.05, 3.63) is 48.2 Å². The van der Waals surface area contributed by atoms with E-state index in [1.165, 1.54) is 10.3 Å². The van der Waals surface area contributed by atoms with E-state index < -0.39 is 0 Å². The molecule has 4 unspecified atom stereocenters. The van der Waals surface area contributed by atoms with Crippen molar-refractivity contribution in [3.63, 3.8) is 0 Å². The van der Waals surface area contributed by atoms with Crippen LogP contribution in [0.15, 0.2) is 47.5 Å². The number of nitrogens with zero attached hydrogens (tertiary/aromatic N) is 2. The summed E-state index contributed by atoms with van der Waals surface area (Å²) in [6.45, 7) is 1.75. The van der Waals surface area contributed by atoms with E-state index in [-0.39, 0.29) is 35.5 Å². The molecule has 2 heterocycles. The fourth-order valence-corrected chi connectivity index (χ4v) is 5.26. The Morgan fingerprint density at radius 1 is 1.13 bits per heavy atom. The number of hydrogen-bond donors (Lipinski definition) is 3. The number of guanidine groups is 1. The number of aliphatic imine (C=N–C) groups is 1. The van der Waals surface area contributed by atoms with E-state index in [9.17, 15) is 9.59 Å². The average molecular weight is 406 g/mol. The number of allylic oxidation sites excluding steroid dienone is 2. The Labute approximate surface area is 175 Å². The lowest BCUT2D eigenvalue weighted by Crippen LogP contribution is -2.39. The molecule has 0 spiro atoms. The molecule has 2 bridgehead atoms. The van der Waals surface area contributed by atoms with Crippen molar-refractivity contribution in [2.24, 2.45) is 28.7 Å². The van der Waals surface area contributed by atoms with Gasteiger partial charge in [0.2, 0.25) is 11.8 Å². The lowest BCUT2D eigenvalue weighted by molar-refractivity contribution is -0.140. The van der Waals surface area contributed by atoms with Gasteiger partial charge in [0.25, 0.3) is 0 Å². The van der Waals surface area contributed by atoms with Crippen molar-refractivity contribution >= 4 is 28.7 Å². The summed E-state index contributed by atoms with van der Waals surface area (Å²) in [4.78, 5) is 34.6. The van der Waals surface area contributed by atoms with Gasteiger partial charge in [-0.3, -0.25) is 19.5 Å². The minimum absolute atomic E-state index is 0.0307. The highest BCUT2D eigenvalue weighted by Gasteiger charge is 2.58. The van der Waals surface area contributed by atoms with Gasteiger partial charge >= 0.3 is 0 Å². The zero-order valence-electron chi connectivity index (χ0n) is 17.1. The number of carbonyl (C=O) groups excluding carboxylic acids is 2. The molecule has 1 aromatic carbocycles. The first kappa shape index (κ1) is 18.9. The number of amides is 2. The van der Waals surface area contributed by atoms with Crippen LogP contribution >= 0.6 is 0 Å². The van der Waals surface area contributed by atoms with Crippen molar-refractivity contribution in [2.75, 3.05) is 20.1 Å². The van der Waals surface area contributed by atoms with E-state index in [1.807, 2.05) is 12.1 Å². The Balaban J connectivity index is 1.09. The molecule has 4 atom stereocenters. The molecule has 1 saturated heterocycles. The van der Waals surface area contributed by atoms with Crippen molar-refractivity contribution in [1.82, 2.24) is 20.5 Å². The maximum absolute atomic E-state index is 12.7. The highest BCUT2D eigenvalue weighted by Crippen LogP contribution is 2.52. The second-order valence-corrected chi connectivity index (χ2v) is 8.42. The van der Waals surface area contributed by atoms with Gasteiger partial charge < -0.3 is 15.6 Å². The molecule has 0 radical (unpaired) electrons. The third-order valence-corrected chi connectivity index (χ3v) is 6.67. The number of rotatable bonds is 6. The number of likely N-dealkylation sites (tertiary alicyclic amines) is 1. The Morgan fingerprint density at radius 2 is 1.87 bits per heavy atom. The SMILES string of the molecule is CN=C(NCCCN1C(=O)C2C3C=CC(C3)C2C1=O)NCc1cc2ccccc2[nH]1. The minimum atomic E-state index is -0.105. The van der Waals surface area contributed by atoms with Crippen LogP contribution in [0.5, 0.6) is 0 Å². The van der Waals surface area contributed by atoms with Crippen LogP contribution in [0, 0.1) is 23.7 Å². The number of benzene rings is 1. The number of para-hydroxylation sites is 1. The van der Waals surface area contributed by atoms with Gasteiger partial charge in [-0.2, -0.15) is 0 Å². The number of carbonyl (C=O) groups is 2. The number of fused-ring (bicyclic) bond motifs is 6. The number of hydrogen-bond acceptors (Lipinski definition) is 3. The van der Waals surface area contributed by atoms with E-state index in [0.717, 1.165) is 17.6 Å². The molecule has 156 valence electrons. The molecular formula is C23H27N5O2. The predicted octanol–water partition coefficient (Wildman–Crippen LogP) is 2.03. The van der Waals surface area contributed by atoms with Crippen molar-refractivity contribution in [2.45, 2.75) is 19.4 Å². The summed E-state index contributed by atoms with van der Waals surface area (Å²) in [5.74, 6) is 1.09. The third-order valence-electron chi connectivity index (χ3n) is 6.67. The molecule has 7 nitrogen and oxygen atoms in total. The van der Waals surface area contributed by atoms with Crippen LogP contribution in [0.4, 0.5) is 0 Å². The van der Waals surface area contributed by atoms with Crippen molar-refractivity contribution in [3.8, 4) is 0 Å². The van der Waals surface area contributed by atoms with Gasteiger partial charge in [-0.15, -0.1) is 0 Å². The third kappa shape index (κ3) is 3.18. The van der Waals surface area contributed by atoms with E-state index in [4.69, 9.17) is 0 Å². The Hall–Kier alpha value is -3.09. The molecule has 3 aliphatic rings. The molecule has 2 aromatic rings. The second kappa shape index (κ2) is 7.63. The molecule has 30 heavy (non-hydrogen) atoms. The zero-order valence-corrected chi connectivity index (χ0v) is 17.1. The molecule has 7 heteroatoms. The molecule has 1 saturated carbocycles. The van der Waals surface area contributed by atoms with E-state index in [2.05, 4.69) is 51.0 Å². The summed E-state index contributed by atoms with van der Waals surface area (Å²) in [7, 11) is 1.73. The Bertz CT molecular complexity index is 976. The quantitative estimate of drug-likeness (QED) is 0.226. The van der Waals surface area contributed by atoms with Gasteiger partial charge in [-0.05, 0) is 42.2 Å². The zero-order chi connectivity index (χ0) is 20.7. The number of aromatic amines is 1. The minimum Gasteiger partial charge on any atom is -0.357 e. The molecule has 3 N–H and O–H groups in total. The number of imide groups is 1. The van der Waals surface area contributed by atoms with Gasteiger partial charge in [0.15, 0.2) is 5.96 Å². The van der Waals surface area contributed by atoms with Crippen molar-refractivity contribution < 1.29 is 9.59 Å².